The van der Waals surface area contributed by atoms with E-state index in [9.17, 15) is 14.7 Å². The molecule has 0 aliphatic carbocycles. The minimum Gasteiger partial charge on any atom is -0.507 e. The van der Waals surface area contributed by atoms with Crippen molar-refractivity contribution < 1.29 is 14.7 Å². The molecule has 1 aliphatic rings. The molecule has 1 heterocycles. The summed E-state index contributed by atoms with van der Waals surface area (Å²) in [7, 11) is 0. The lowest BCUT2D eigenvalue weighted by Crippen LogP contribution is -2.30. The van der Waals surface area contributed by atoms with Crippen LogP contribution in [-0.2, 0) is 9.59 Å². The number of Topliss-reactive ketones (excluding diaryl/α,β-unsaturated/α-hetero) is 1. The number of unbranched alkanes of at least 4 members (excludes halogenated alkanes) is 13. The molecule has 1 fully saturated rings. The maximum Gasteiger partial charge on any atom is 0.295 e. The van der Waals surface area contributed by atoms with Crippen molar-refractivity contribution in [2.24, 2.45) is 0 Å². The van der Waals surface area contributed by atoms with Crippen LogP contribution < -0.4 is 0 Å². The molecule has 1 unspecified atom stereocenters. The van der Waals surface area contributed by atoms with Gasteiger partial charge in [0.05, 0.1) is 11.6 Å². The van der Waals surface area contributed by atoms with E-state index >= 15 is 0 Å². The molecule has 1 N–H and O–H groups in total. The topological polar surface area (TPSA) is 57.6 Å². The van der Waals surface area contributed by atoms with Gasteiger partial charge < -0.3 is 10.0 Å². The summed E-state index contributed by atoms with van der Waals surface area (Å²) in [6.07, 6.45) is 17.8. The summed E-state index contributed by atoms with van der Waals surface area (Å²) in [4.78, 5) is 28.0. The summed E-state index contributed by atoms with van der Waals surface area (Å²) < 4.78 is 0. The zero-order valence-electron chi connectivity index (χ0n) is 24.5. The Kier molecular flexibility index (Phi) is 12.8. The Morgan fingerprint density at radius 2 is 1.10 bits per heavy atom. The molecule has 1 atom stereocenters. The molecule has 0 saturated carbocycles. The number of hydrogen-bond acceptors (Lipinski definition) is 3. The lowest BCUT2D eigenvalue weighted by molar-refractivity contribution is -0.139. The van der Waals surface area contributed by atoms with Crippen LogP contribution in [-0.4, -0.2) is 28.2 Å². The molecule has 1 saturated heterocycles. The summed E-state index contributed by atoms with van der Waals surface area (Å²) in [6.45, 7) is 6.78. The van der Waals surface area contributed by atoms with Crippen molar-refractivity contribution in [1.29, 1.82) is 0 Å². The van der Waals surface area contributed by atoms with Gasteiger partial charge in [0.25, 0.3) is 11.7 Å². The molecule has 0 spiro atoms. The van der Waals surface area contributed by atoms with Crippen molar-refractivity contribution in [3.63, 3.8) is 0 Å². The normalized spacial score (nSPS) is 16.8. The molecule has 2 aromatic rings. The maximum atomic E-state index is 13.2. The van der Waals surface area contributed by atoms with E-state index in [1.54, 1.807) is 17.0 Å². The molecule has 0 aromatic heterocycles. The fraction of sp³-hybridized carbons (Fsp3) is 0.543. The molecule has 0 radical (unpaired) electrons. The van der Waals surface area contributed by atoms with Gasteiger partial charge in [-0.3, -0.25) is 9.59 Å². The zero-order valence-corrected chi connectivity index (χ0v) is 24.5. The first kappa shape index (κ1) is 30.7. The number of carbonyl (C=O) groups excluding carboxylic acids is 2. The minimum atomic E-state index is -0.594. The third-order valence-electron chi connectivity index (χ3n) is 8.01. The SMILES string of the molecule is CCCCCCCCCCCCCCCCN1C(=O)C(=O)C(=C(O)c2ccc(C)cc2)C1c1ccc(C)cc1. The first-order valence-corrected chi connectivity index (χ1v) is 15.4. The van der Waals surface area contributed by atoms with Gasteiger partial charge in [0, 0.05) is 12.1 Å². The van der Waals surface area contributed by atoms with Gasteiger partial charge in [-0.05, 0) is 25.8 Å². The first-order chi connectivity index (χ1) is 18.9. The minimum absolute atomic E-state index is 0.0950. The number of likely N-dealkylation sites (tertiary alicyclic amines) is 1. The van der Waals surface area contributed by atoms with Crippen LogP contribution in [0.15, 0.2) is 54.1 Å². The largest absolute Gasteiger partial charge is 0.507 e. The van der Waals surface area contributed by atoms with Crippen LogP contribution in [0.2, 0.25) is 0 Å². The molecule has 39 heavy (non-hydrogen) atoms. The van der Waals surface area contributed by atoms with Gasteiger partial charge in [0.1, 0.15) is 5.76 Å². The Morgan fingerprint density at radius 1 is 0.667 bits per heavy atom. The Bertz CT molecular complexity index is 1070. The molecule has 3 rings (SSSR count). The number of carbonyl (C=O) groups is 2. The van der Waals surface area contributed by atoms with Gasteiger partial charge in [-0.1, -0.05) is 150 Å². The van der Waals surface area contributed by atoms with E-state index < -0.39 is 17.7 Å². The summed E-state index contributed by atoms with van der Waals surface area (Å²) in [6, 6.07) is 14.8. The van der Waals surface area contributed by atoms with E-state index in [2.05, 4.69) is 6.92 Å². The second-order valence-electron chi connectivity index (χ2n) is 11.4. The van der Waals surface area contributed by atoms with Crippen LogP contribution >= 0.6 is 0 Å². The number of aliphatic hydroxyl groups is 1. The van der Waals surface area contributed by atoms with Gasteiger partial charge in [-0.25, -0.2) is 0 Å². The zero-order chi connectivity index (χ0) is 28.0. The average molecular weight is 532 g/mol. The van der Waals surface area contributed by atoms with Crippen molar-refractivity contribution >= 4 is 17.4 Å². The van der Waals surface area contributed by atoms with Crippen LogP contribution in [0.1, 0.15) is 125 Å². The highest BCUT2D eigenvalue weighted by Crippen LogP contribution is 2.39. The van der Waals surface area contributed by atoms with E-state index in [4.69, 9.17) is 0 Å². The van der Waals surface area contributed by atoms with E-state index in [0.717, 1.165) is 36.0 Å². The fourth-order valence-electron chi connectivity index (χ4n) is 5.55. The standard InChI is InChI=1S/C35H49NO3/c1-4-5-6-7-8-9-10-11-12-13-14-15-16-17-26-36-32(29-22-18-27(2)19-23-29)31(34(38)35(36)39)33(37)30-24-20-28(3)21-25-30/h18-25,32,37H,4-17,26H2,1-3H3. The van der Waals surface area contributed by atoms with E-state index in [0.29, 0.717) is 12.1 Å². The molecule has 212 valence electrons. The van der Waals surface area contributed by atoms with Crippen LogP contribution in [0, 0.1) is 13.8 Å². The molecular weight excluding hydrogens is 482 g/mol. The summed E-state index contributed by atoms with van der Waals surface area (Å²) in [5, 5.41) is 11.2. The van der Waals surface area contributed by atoms with Gasteiger partial charge in [0.15, 0.2) is 0 Å². The molecule has 4 nitrogen and oxygen atoms in total. The smallest absolute Gasteiger partial charge is 0.295 e. The number of rotatable bonds is 17. The highest BCUT2D eigenvalue weighted by molar-refractivity contribution is 6.46. The van der Waals surface area contributed by atoms with Crippen molar-refractivity contribution in [1.82, 2.24) is 4.90 Å². The number of hydrogen-bond donors (Lipinski definition) is 1. The lowest BCUT2D eigenvalue weighted by atomic mass is 9.94. The van der Waals surface area contributed by atoms with Gasteiger partial charge >= 0.3 is 0 Å². The highest BCUT2D eigenvalue weighted by atomic mass is 16.3. The highest BCUT2D eigenvalue weighted by Gasteiger charge is 2.45. The van der Waals surface area contributed by atoms with Crippen LogP contribution in [0.5, 0.6) is 0 Å². The van der Waals surface area contributed by atoms with Crippen molar-refractivity contribution in [3.05, 3.63) is 76.4 Å². The van der Waals surface area contributed by atoms with E-state index in [1.807, 2.05) is 50.2 Å². The Labute approximate surface area is 236 Å². The third-order valence-corrected chi connectivity index (χ3v) is 8.01. The number of aryl methyl sites for hydroxylation is 2. The van der Waals surface area contributed by atoms with Crippen LogP contribution in [0.3, 0.4) is 0 Å². The molecule has 1 aliphatic heterocycles. The third kappa shape index (κ3) is 9.08. The first-order valence-electron chi connectivity index (χ1n) is 15.4. The second-order valence-corrected chi connectivity index (χ2v) is 11.4. The van der Waals surface area contributed by atoms with Crippen molar-refractivity contribution in [3.8, 4) is 0 Å². The number of nitrogens with zero attached hydrogens (tertiary/aromatic N) is 1. The van der Waals surface area contributed by atoms with Gasteiger partial charge in [0.2, 0.25) is 0 Å². The van der Waals surface area contributed by atoms with Crippen molar-refractivity contribution in [2.45, 2.75) is 117 Å². The molecule has 2 aromatic carbocycles. The number of aliphatic hydroxyl groups excluding tert-OH is 1. The molecule has 4 heteroatoms. The number of amides is 1. The van der Waals surface area contributed by atoms with Crippen LogP contribution in [0.25, 0.3) is 5.76 Å². The predicted octanol–water partition coefficient (Wildman–Crippen LogP) is 9.21. The van der Waals surface area contributed by atoms with E-state index in [1.165, 1.54) is 70.6 Å². The average Bonchev–Trinajstić information content (AvgIpc) is 3.18. The molecule has 1 amide bonds. The number of ketones is 1. The summed E-state index contributed by atoms with van der Waals surface area (Å²) in [5.41, 5.74) is 3.80. The Morgan fingerprint density at radius 3 is 1.59 bits per heavy atom. The van der Waals surface area contributed by atoms with Gasteiger partial charge in [-0.2, -0.15) is 0 Å². The predicted molar refractivity (Wildman–Crippen MR) is 162 cm³/mol. The second kappa shape index (κ2) is 16.3. The molecule has 0 bridgehead atoms. The van der Waals surface area contributed by atoms with Gasteiger partial charge in [-0.15, -0.1) is 0 Å². The number of benzene rings is 2. The summed E-state index contributed by atoms with van der Waals surface area (Å²) >= 11 is 0. The van der Waals surface area contributed by atoms with E-state index in [-0.39, 0.29) is 11.3 Å². The quantitative estimate of drug-likeness (QED) is 0.0958. The monoisotopic (exact) mass is 531 g/mol. The lowest BCUT2D eigenvalue weighted by Gasteiger charge is -2.25. The maximum absolute atomic E-state index is 13.2. The Hall–Kier alpha value is -2.88. The molecular formula is C35H49NO3. The Balaban J connectivity index is 1.52. The fourth-order valence-corrected chi connectivity index (χ4v) is 5.55. The van der Waals surface area contributed by atoms with Crippen LogP contribution in [0.4, 0.5) is 0 Å². The summed E-state index contributed by atoms with van der Waals surface area (Å²) in [5.74, 6) is -1.20. The van der Waals surface area contributed by atoms with Crippen molar-refractivity contribution in [2.75, 3.05) is 6.54 Å².